The summed E-state index contributed by atoms with van der Waals surface area (Å²) in [4.78, 5) is 2.08. The average Bonchev–Trinajstić information content (AvgIpc) is 2.42. The molecule has 4 heteroatoms. The Kier molecular flexibility index (Phi) is 4.91. The van der Waals surface area contributed by atoms with Crippen LogP contribution in [-0.4, -0.2) is 43.4 Å². The van der Waals surface area contributed by atoms with Crippen LogP contribution in [0.1, 0.15) is 18.4 Å². The molecule has 1 heterocycles. The van der Waals surface area contributed by atoms with E-state index in [4.69, 9.17) is 4.74 Å². The zero-order chi connectivity index (χ0) is 13.7. The molecular weight excluding hydrogens is 245 g/mol. The second-order valence-corrected chi connectivity index (χ2v) is 5.53. The molecule has 19 heavy (non-hydrogen) atoms. The van der Waals surface area contributed by atoms with Crippen molar-refractivity contribution < 1.29 is 14.2 Å². The van der Waals surface area contributed by atoms with Gasteiger partial charge in [-0.3, -0.25) is 0 Å². The van der Waals surface area contributed by atoms with Gasteiger partial charge in [-0.1, -0.05) is 18.2 Å². The van der Waals surface area contributed by atoms with Gasteiger partial charge in [0.25, 0.3) is 0 Å². The molecule has 0 unspecified atom stereocenters. The summed E-state index contributed by atoms with van der Waals surface area (Å²) < 4.78 is 19.0. The zero-order valence-corrected chi connectivity index (χ0v) is 11.4. The van der Waals surface area contributed by atoms with Crippen LogP contribution in [0.25, 0.3) is 0 Å². The lowest BCUT2D eigenvalue weighted by Gasteiger charge is -2.38. The van der Waals surface area contributed by atoms with Crippen molar-refractivity contribution in [2.24, 2.45) is 5.41 Å². The molecule has 106 valence electrons. The van der Waals surface area contributed by atoms with E-state index in [-0.39, 0.29) is 17.8 Å². The molecule has 0 spiro atoms. The maximum Gasteiger partial charge on any atom is 0.127 e. The first-order valence-corrected chi connectivity index (χ1v) is 6.76. The molecule has 1 aromatic carbocycles. The van der Waals surface area contributed by atoms with E-state index in [1.54, 1.807) is 12.1 Å². The minimum absolute atomic E-state index is 0.0990. The highest BCUT2D eigenvalue weighted by Gasteiger charge is 2.33. The van der Waals surface area contributed by atoms with Gasteiger partial charge >= 0.3 is 0 Å². The van der Waals surface area contributed by atoms with Crippen LogP contribution in [0.15, 0.2) is 24.3 Å². The Morgan fingerprint density at radius 1 is 1.32 bits per heavy atom. The van der Waals surface area contributed by atoms with Crippen molar-refractivity contribution >= 4 is 0 Å². The van der Waals surface area contributed by atoms with Gasteiger partial charge in [0.1, 0.15) is 5.82 Å². The van der Waals surface area contributed by atoms with Gasteiger partial charge in [0.2, 0.25) is 0 Å². The minimum atomic E-state index is -0.167. The summed E-state index contributed by atoms with van der Waals surface area (Å²) in [7, 11) is 1.97. The van der Waals surface area contributed by atoms with Gasteiger partial charge in [0, 0.05) is 37.3 Å². The van der Waals surface area contributed by atoms with Crippen LogP contribution in [-0.2, 0) is 11.3 Å². The predicted octanol–water partition coefficient (Wildman–Crippen LogP) is 2.05. The van der Waals surface area contributed by atoms with Crippen molar-refractivity contribution in [2.75, 3.05) is 33.4 Å². The Labute approximate surface area is 114 Å². The number of rotatable bonds is 5. The van der Waals surface area contributed by atoms with Crippen LogP contribution in [0.5, 0.6) is 0 Å². The monoisotopic (exact) mass is 267 g/mol. The molecule has 0 aliphatic carbocycles. The summed E-state index contributed by atoms with van der Waals surface area (Å²) in [6.45, 7) is 2.90. The van der Waals surface area contributed by atoms with E-state index in [1.165, 1.54) is 6.07 Å². The van der Waals surface area contributed by atoms with Crippen molar-refractivity contribution in [3.63, 3.8) is 0 Å². The number of ether oxygens (including phenoxy) is 1. The van der Waals surface area contributed by atoms with Crippen molar-refractivity contribution in [3.05, 3.63) is 35.6 Å². The minimum Gasteiger partial charge on any atom is -0.396 e. The number of hydrogen-bond donors (Lipinski definition) is 1. The topological polar surface area (TPSA) is 32.7 Å². The van der Waals surface area contributed by atoms with Gasteiger partial charge in [0.15, 0.2) is 0 Å². The van der Waals surface area contributed by atoms with Gasteiger partial charge in [-0.25, -0.2) is 4.39 Å². The van der Waals surface area contributed by atoms with Crippen molar-refractivity contribution in [1.82, 2.24) is 4.90 Å². The van der Waals surface area contributed by atoms with E-state index >= 15 is 0 Å². The Morgan fingerprint density at radius 3 is 2.63 bits per heavy atom. The van der Waals surface area contributed by atoms with Crippen molar-refractivity contribution in [2.45, 2.75) is 19.4 Å². The van der Waals surface area contributed by atoms with Crippen LogP contribution in [0.4, 0.5) is 4.39 Å². The van der Waals surface area contributed by atoms with Gasteiger partial charge in [-0.2, -0.15) is 0 Å². The Morgan fingerprint density at radius 2 is 2.00 bits per heavy atom. The third-order valence-corrected chi connectivity index (χ3v) is 3.89. The van der Waals surface area contributed by atoms with Gasteiger partial charge in [-0.05, 0) is 26.0 Å². The number of nitrogens with zero attached hydrogens (tertiary/aromatic N) is 1. The number of halogens is 1. The Hall–Kier alpha value is -0.970. The van der Waals surface area contributed by atoms with Crippen LogP contribution in [0.2, 0.25) is 0 Å². The van der Waals surface area contributed by atoms with Crippen LogP contribution < -0.4 is 0 Å². The molecule has 1 saturated heterocycles. The molecule has 1 aromatic rings. The summed E-state index contributed by atoms with van der Waals surface area (Å²) in [5, 5.41) is 9.65. The Bertz CT molecular complexity index is 405. The Balaban J connectivity index is 1.96. The molecule has 0 radical (unpaired) electrons. The predicted molar refractivity (Wildman–Crippen MR) is 72.3 cm³/mol. The fourth-order valence-electron chi connectivity index (χ4n) is 2.72. The number of aliphatic hydroxyl groups excluding tert-OH is 1. The number of hydrogen-bond acceptors (Lipinski definition) is 3. The maximum absolute atomic E-state index is 13.6. The first kappa shape index (κ1) is 14.4. The SMILES string of the molecule is CN(Cc1ccccc1F)CC1(CO)CCOCC1. The standard InChI is InChI=1S/C15H22FNO2/c1-17(10-13-4-2-3-5-14(13)16)11-15(12-18)6-8-19-9-7-15/h2-5,18H,6-12H2,1H3. The second kappa shape index (κ2) is 6.46. The number of benzene rings is 1. The molecule has 3 nitrogen and oxygen atoms in total. The lowest BCUT2D eigenvalue weighted by Crippen LogP contribution is -2.42. The fraction of sp³-hybridized carbons (Fsp3) is 0.600. The van der Waals surface area contributed by atoms with E-state index in [0.29, 0.717) is 25.3 Å². The number of aliphatic hydroxyl groups is 1. The molecule has 0 saturated carbocycles. The smallest absolute Gasteiger partial charge is 0.127 e. The fourth-order valence-corrected chi connectivity index (χ4v) is 2.72. The summed E-state index contributed by atoms with van der Waals surface area (Å²) in [6.07, 6.45) is 1.73. The van der Waals surface area contributed by atoms with E-state index in [2.05, 4.69) is 4.90 Å². The van der Waals surface area contributed by atoms with Gasteiger partial charge < -0.3 is 14.7 Å². The largest absolute Gasteiger partial charge is 0.396 e. The molecule has 1 N–H and O–H groups in total. The molecule has 1 aliphatic heterocycles. The van der Waals surface area contributed by atoms with Crippen molar-refractivity contribution in [1.29, 1.82) is 0 Å². The van der Waals surface area contributed by atoms with E-state index in [1.807, 2.05) is 13.1 Å². The first-order valence-electron chi connectivity index (χ1n) is 6.76. The molecule has 0 bridgehead atoms. The van der Waals surface area contributed by atoms with Crippen molar-refractivity contribution in [3.8, 4) is 0 Å². The molecule has 0 aromatic heterocycles. The van der Waals surface area contributed by atoms with E-state index in [9.17, 15) is 9.50 Å². The van der Waals surface area contributed by atoms with Crippen LogP contribution >= 0.6 is 0 Å². The quantitative estimate of drug-likeness (QED) is 0.886. The molecule has 0 amide bonds. The molecule has 1 aliphatic rings. The first-order chi connectivity index (χ1) is 9.15. The molecule has 0 atom stereocenters. The summed E-state index contributed by atoms with van der Waals surface area (Å²) in [5.74, 6) is -0.167. The highest BCUT2D eigenvalue weighted by atomic mass is 19.1. The average molecular weight is 267 g/mol. The molecule has 2 rings (SSSR count). The molecular formula is C15H22FNO2. The van der Waals surface area contributed by atoms with Crippen LogP contribution in [0, 0.1) is 11.2 Å². The van der Waals surface area contributed by atoms with Crippen LogP contribution in [0.3, 0.4) is 0 Å². The third kappa shape index (κ3) is 3.75. The van der Waals surface area contributed by atoms with Gasteiger partial charge in [0.05, 0.1) is 6.61 Å². The summed E-state index contributed by atoms with van der Waals surface area (Å²) in [5.41, 5.74) is 0.600. The second-order valence-electron chi connectivity index (χ2n) is 5.53. The summed E-state index contributed by atoms with van der Waals surface area (Å²) >= 11 is 0. The highest BCUT2D eigenvalue weighted by molar-refractivity contribution is 5.17. The molecule has 1 fully saturated rings. The zero-order valence-electron chi connectivity index (χ0n) is 11.4. The lowest BCUT2D eigenvalue weighted by molar-refractivity contribution is -0.0319. The highest BCUT2D eigenvalue weighted by Crippen LogP contribution is 2.31. The normalized spacial score (nSPS) is 18.7. The lowest BCUT2D eigenvalue weighted by atomic mass is 9.80. The van der Waals surface area contributed by atoms with E-state index in [0.717, 1.165) is 19.4 Å². The maximum atomic E-state index is 13.6. The summed E-state index contributed by atoms with van der Waals surface area (Å²) in [6, 6.07) is 6.84. The van der Waals surface area contributed by atoms with Gasteiger partial charge in [-0.15, -0.1) is 0 Å². The van der Waals surface area contributed by atoms with E-state index < -0.39 is 0 Å². The third-order valence-electron chi connectivity index (χ3n) is 3.89.